The topological polar surface area (TPSA) is 90.0 Å². The van der Waals surface area contributed by atoms with Crippen LogP contribution in [0, 0.1) is 5.92 Å². The number of carbonyl (C=O) groups excluding carboxylic acids is 4. The molecule has 3 rings (SSSR count). The Hall–Kier alpha value is -3.04. The molecule has 2 aliphatic heterocycles. The fourth-order valence-corrected chi connectivity index (χ4v) is 4.53. The molecular formula is C23H30F2N4O4. The van der Waals surface area contributed by atoms with E-state index in [-0.39, 0.29) is 18.9 Å². The Morgan fingerprint density at radius 2 is 1.73 bits per heavy atom. The van der Waals surface area contributed by atoms with E-state index in [2.05, 4.69) is 5.32 Å². The van der Waals surface area contributed by atoms with Crippen molar-refractivity contribution in [2.24, 2.45) is 5.92 Å². The summed E-state index contributed by atoms with van der Waals surface area (Å²) in [4.78, 5) is 54.7. The highest BCUT2D eigenvalue weighted by atomic mass is 19.3. The number of ketones is 1. The number of hydrogen-bond donors (Lipinski definition) is 1. The van der Waals surface area contributed by atoms with Gasteiger partial charge in [0.2, 0.25) is 5.91 Å². The van der Waals surface area contributed by atoms with Gasteiger partial charge in [0.05, 0.1) is 12.6 Å². The van der Waals surface area contributed by atoms with Gasteiger partial charge in [0.25, 0.3) is 11.8 Å². The van der Waals surface area contributed by atoms with Crippen molar-refractivity contribution in [2.45, 2.75) is 51.2 Å². The number of carbonyl (C=O) groups is 4. The maximum Gasteiger partial charge on any atom is 0.315 e. The summed E-state index contributed by atoms with van der Waals surface area (Å²) in [6, 6.07) is 4.35. The molecule has 33 heavy (non-hydrogen) atoms. The fraction of sp³-hybridized carbons (Fsp3) is 0.565. The summed E-state index contributed by atoms with van der Waals surface area (Å²) in [6.45, 7) is 3.56. The number of anilines is 1. The Morgan fingerprint density at radius 3 is 2.27 bits per heavy atom. The van der Waals surface area contributed by atoms with E-state index < -0.39 is 54.6 Å². The van der Waals surface area contributed by atoms with Crippen molar-refractivity contribution < 1.29 is 28.0 Å². The van der Waals surface area contributed by atoms with Crippen LogP contribution in [0.4, 0.5) is 14.5 Å². The number of fused-ring (bicyclic) bond motifs is 1. The van der Waals surface area contributed by atoms with E-state index in [1.807, 2.05) is 32.8 Å². The third-order valence-electron chi connectivity index (χ3n) is 6.13. The molecule has 10 heteroatoms. The van der Waals surface area contributed by atoms with Crippen molar-refractivity contribution in [3.63, 3.8) is 0 Å². The fourth-order valence-electron chi connectivity index (χ4n) is 4.53. The molecule has 8 nitrogen and oxygen atoms in total. The molecule has 1 N–H and O–H groups in total. The van der Waals surface area contributed by atoms with E-state index >= 15 is 0 Å². The highest BCUT2D eigenvalue weighted by molar-refractivity contribution is 6.01. The van der Waals surface area contributed by atoms with Gasteiger partial charge < -0.3 is 20.0 Å². The van der Waals surface area contributed by atoms with Crippen LogP contribution in [0.25, 0.3) is 0 Å². The minimum Gasteiger partial charge on any atom is -0.378 e. The standard InChI is InChI=1S/C23H30F2N4O4/c1-13(2)11-16(26-21(31)14-5-7-15(8-6-14)27(3)4)22(32)28-10-9-17-19(28)18(30)12-29(17)23(33)20(24)25/h5-8,13,16-17,19-20H,9-12H2,1-4H3,(H,26,31)/t16-,17+,19-/m0/s1. The van der Waals surface area contributed by atoms with Crippen LogP contribution in [-0.4, -0.2) is 85.0 Å². The quantitative estimate of drug-likeness (QED) is 0.661. The highest BCUT2D eigenvalue weighted by Gasteiger charge is 2.53. The van der Waals surface area contributed by atoms with Crippen molar-refractivity contribution in [3.8, 4) is 0 Å². The van der Waals surface area contributed by atoms with Gasteiger partial charge in [0.15, 0.2) is 5.78 Å². The third-order valence-corrected chi connectivity index (χ3v) is 6.13. The minimum absolute atomic E-state index is 0.0740. The summed E-state index contributed by atoms with van der Waals surface area (Å²) >= 11 is 0. The average molecular weight is 465 g/mol. The molecule has 2 heterocycles. The molecule has 3 atom stereocenters. The van der Waals surface area contributed by atoms with Crippen LogP contribution >= 0.6 is 0 Å². The van der Waals surface area contributed by atoms with Crippen LogP contribution in [0.15, 0.2) is 24.3 Å². The number of amides is 3. The second kappa shape index (κ2) is 9.84. The van der Waals surface area contributed by atoms with Crippen LogP contribution in [0.5, 0.6) is 0 Å². The second-order valence-electron chi connectivity index (χ2n) is 9.16. The summed E-state index contributed by atoms with van der Waals surface area (Å²) in [7, 11) is 3.77. The number of alkyl halides is 2. The summed E-state index contributed by atoms with van der Waals surface area (Å²) in [6.07, 6.45) is -2.61. The van der Waals surface area contributed by atoms with Crippen molar-refractivity contribution in [3.05, 3.63) is 29.8 Å². The predicted octanol–water partition coefficient (Wildman–Crippen LogP) is 1.54. The van der Waals surface area contributed by atoms with Gasteiger partial charge in [0, 0.05) is 31.9 Å². The Labute approximate surface area is 191 Å². The van der Waals surface area contributed by atoms with Gasteiger partial charge in [-0.2, -0.15) is 8.78 Å². The zero-order valence-electron chi connectivity index (χ0n) is 19.3. The molecule has 0 saturated carbocycles. The summed E-state index contributed by atoms with van der Waals surface area (Å²) in [5.41, 5.74) is 1.32. The maximum absolute atomic E-state index is 13.4. The summed E-state index contributed by atoms with van der Waals surface area (Å²) in [5.74, 6) is -2.60. The lowest BCUT2D eigenvalue weighted by Gasteiger charge is -2.29. The number of nitrogens with zero attached hydrogens (tertiary/aromatic N) is 3. The van der Waals surface area contributed by atoms with Gasteiger partial charge in [-0.3, -0.25) is 19.2 Å². The molecule has 2 saturated heterocycles. The molecule has 0 bridgehead atoms. The van der Waals surface area contributed by atoms with E-state index in [0.29, 0.717) is 12.0 Å². The number of likely N-dealkylation sites (tertiary alicyclic amines) is 2. The van der Waals surface area contributed by atoms with E-state index in [4.69, 9.17) is 0 Å². The zero-order chi connectivity index (χ0) is 24.4. The maximum atomic E-state index is 13.4. The highest BCUT2D eigenvalue weighted by Crippen LogP contribution is 2.31. The van der Waals surface area contributed by atoms with Crippen molar-refractivity contribution in [1.82, 2.24) is 15.1 Å². The van der Waals surface area contributed by atoms with Crippen molar-refractivity contribution >= 4 is 29.2 Å². The zero-order valence-corrected chi connectivity index (χ0v) is 19.3. The molecule has 0 unspecified atom stereocenters. The number of hydrogen-bond acceptors (Lipinski definition) is 5. The van der Waals surface area contributed by atoms with Crippen LogP contribution in [-0.2, 0) is 14.4 Å². The molecule has 3 amide bonds. The van der Waals surface area contributed by atoms with E-state index in [0.717, 1.165) is 10.6 Å². The average Bonchev–Trinajstić information content (AvgIpc) is 3.33. The first-order valence-corrected chi connectivity index (χ1v) is 11.0. The van der Waals surface area contributed by atoms with Crippen LogP contribution in [0.2, 0.25) is 0 Å². The number of rotatable bonds is 7. The Kier molecular flexibility index (Phi) is 7.34. The Balaban J connectivity index is 1.76. The first-order valence-electron chi connectivity index (χ1n) is 11.0. The van der Waals surface area contributed by atoms with Crippen LogP contribution < -0.4 is 10.2 Å². The number of benzene rings is 1. The van der Waals surface area contributed by atoms with E-state index in [1.165, 1.54) is 4.90 Å². The van der Waals surface area contributed by atoms with Gasteiger partial charge in [-0.05, 0) is 43.0 Å². The third kappa shape index (κ3) is 5.15. The largest absolute Gasteiger partial charge is 0.378 e. The van der Waals surface area contributed by atoms with E-state index in [1.54, 1.807) is 24.3 Å². The summed E-state index contributed by atoms with van der Waals surface area (Å²) in [5, 5.41) is 2.78. The lowest BCUT2D eigenvalue weighted by Crippen LogP contribution is -2.53. The van der Waals surface area contributed by atoms with Crippen molar-refractivity contribution in [1.29, 1.82) is 0 Å². The van der Waals surface area contributed by atoms with Gasteiger partial charge in [-0.25, -0.2) is 0 Å². The molecule has 0 spiro atoms. The number of nitrogens with one attached hydrogen (secondary N) is 1. The van der Waals surface area contributed by atoms with E-state index in [9.17, 15) is 28.0 Å². The van der Waals surface area contributed by atoms with Crippen LogP contribution in [0.3, 0.4) is 0 Å². The van der Waals surface area contributed by atoms with Gasteiger partial charge in [0.1, 0.15) is 12.1 Å². The molecule has 2 aliphatic rings. The lowest BCUT2D eigenvalue weighted by atomic mass is 10.0. The Morgan fingerprint density at radius 1 is 1.09 bits per heavy atom. The number of Topliss-reactive ketones (excluding diaryl/α,β-unsaturated/α-hetero) is 1. The van der Waals surface area contributed by atoms with Gasteiger partial charge >= 0.3 is 6.43 Å². The summed E-state index contributed by atoms with van der Waals surface area (Å²) < 4.78 is 25.9. The van der Waals surface area contributed by atoms with Crippen LogP contribution in [0.1, 0.15) is 37.0 Å². The molecule has 2 fully saturated rings. The normalized spacial score (nSPS) is 20.9. The molecule has 180 valence electrons. The predicted molar refractivity (Wildman–Crippen MR) is 118 cm³/mol. The molecule has 1 aromatic rings. The smallest absolute Gasteiger partial charge is 0.315 e. The molecule has 0 radical (unpaired) electrons. The van der Waals surface area contributed by atoms with Gasteiger partial charge in [-0.15, -0.1) is 0 Å². The van der Waals surface area contributed by atoms with Gasteiger partial charge in [-0.1, -0.05) is 13.8 Å². The number of halogens is 2. The molecular weight excluding hydrogens is 434 g/mol. The van der Waals surface area contributed by atoms with Crippen molar-refractivity contribution in [2.75, 3.05) is 32.1 Å². The Bertz CT molecular complexity index is 920. The first kappa shape index (κ1) is 24.6. The lowest BCUT2D eigenvalue weighted by molar-refractivity contribution is -0.144. The monoisotopic (exact) mass is 464 g/mol. The second-order valence-corrected chi connectivity index (χ2v) is 9.16. The molecule has 0 aliphatic carbocycles. The molecule has 0 aromatic heterocycles. The molecule has 1 aromatic carbocycles. The first-order chi connectivity index (χ1) is 15.5. The minimum atomic E-state index is -3.20. The SMILES string of the molecule is CC(C)C[C@H](NC(=O)c1ccc(N(C)C)cc1)C(=O)N1CC[C@@H]2[C@H]1C(=O)CN2C(=O)C(F)F.